The lowest BCUT2D eigenvalue weighted by molar-refractivity contribution is -0.127. The van der Waals surface area contributed by atoms with Crippen molar-refractivity contribution in [3.63, 3.8) is 0 Å². The van der Waals surface area contributed by atoms with Gasteiger partial charge < -0.3 is 10.2 Å². The van der Waals surface area contributed by atoms with Gasteiger partial charge in [-0.05, 0) is 24.9 Å². The number of piperidine rings is 1. The molecule has 1 aromatic rings. The number of thiophene rings is 1. The average Bonchev–Trinajstić information content (AvgIpc) is 2.78. The van der Waals surface area contributed by atoms with E-state index in [1.54, 1.807) is 11.3 Å². The van der Waals surface area contributed by atoms with Crippen LogP contribution < -0.4 is 5.32 Å². The van der Waals surface area contributed by atoms with E-state index in [0.29, 0.717) is 12.5 Å². The number of rotatable bonds is 3. The third-order valence-electron chi connectivity index (χ3n) is 3.17. The molecule has 0 amide bonds. The largest absolute Gasteiger partial charge is 0.401 e. The third kappa shape index (κ3) is 3.96. The molecule has 0 spiro atoms. The van der Waals surface area contributed by atoms with E-state index in [9.17, 15) is 13.2 Å². The van der Waals surface area contributed by atoms with Gasteiger partial charge in [-0.15, -0.1) is 11.3 Å². The van der Waals surface area contributed by atoms with E-state index in [1.165, 1.54) is 4.88 Å². The second-order valence-corrected chi connectivity index (χ2v) is 5.84. The maximum Gasteiger partial charge on any atom is 0.401 e. The van der Waals surface area contributed by atoms with Gasteiger partial charge in [0.05, 0.1) is 6.54 Å². The van der Waals surface area contributed by atoms with Gasteiger partial charge in [0.25, 0.3) is 0 Å². The van der Waals surface area contributed by atoms with E-state index in [2.05, 4.69) is 16.3 Å². The number of nitrogens with one attached hydrogen (secondary N) is 1. The van der Waals surface area contributed by atoms with Gasteiger partial charge in [-0.3, -0.25) is 0 Å². The molecule has 2 heterocycles. The van der Waals surface area contributed by atoms with E-state index in [-0.39, 0.29) is 6.04 Å². The zero-order valence-electron chi connectivity index (χ0n) is 10.2. The van der Waals surface area contributed by atoms with Crippen molar-refractivity contribution in [2.45, 2.75) is 24.6 Å². The molecule has 1 aliphatic rings. The second kappa shape index (κ2) is 5.59. The molecular formula is C12H17F3N2S. The first-order valence-corrected chi connectivity index (χ1v) is 6.84. The first-order chi connectivity index (χ1) is 8.44. The van der Waals surface area contributed by atoms with Crippen molar-refractivity contribution in [2.75, 3.05) is 26.7 Å². The number of nitrogens with zero attached hydrogens (tertiary/aromatic N) is 1. The minimum atomic E-state index is -4.13. The molecule has 2 unspecified atom stereocenters. The number of hydrogen-bond acceptors (Lipinski definition) is 3. The van der Waals surface area contributed by atoms with Crippen LogP contribution in [0.1, 0.15) is 17.2 Å². The summed E-state index contributed by atoms with van der Waals surface area (Å²) in [6, 6.07) is 3.97. The van der Waals surface area contributed by atoms with Gasteiger partial charge in [0.2, 0.25) is 0 Å². The summed E-state index contributed by atoms with van der Waals surface area (Å²) < 4.78 is 36.6. The van der Waals surface area contributed by atoms with Crippen LogP contribution in [0.3, 0.4) is 0 Å². The molecule has 1 fully saturated rings. The van der Waals surface area contributed by atoms with Crippen molar-refractivity contribution in [2.24, 2.45) is 0 Å². The number of likely N-dealkylation sites (tertiary alicyclic amines) is 1. The Kier molecular flexibility index (Phi) is 4.29. The van der Waals surface area contributed by atoms with Crippen LogP contribution in [0.2, 0.25) is 0 Å². The van der Waals surface area contributed by atoms with Gasteiger partial charge >= 0.3 is 6.18 Å². The van der Waals surface area contributed by atoms with Gasteiger partial charge in [0.15, 0.2) is 0 Å². The predicted octanol–water partition coefficient (Wildman–Crippen LogP) is 2.69. The first kappa shape index (κ1) is 13.8. The van der Waals surface area contributed by atoms with Crippen LogP contribution in [-0.4, -0.2) is 43.8 Å². The SMILES string of the molecule is CN1CC(NCC(F)(F)F)CC(c2cccs2)C1. The molecular weight excluding hydrogens is 261 g/mol. The van der Waals surface area contributed by atoms with Crippen molar-refractivity contribution in [1.82, 2.24) is 10.2 Å². The molecule has 18 heavy (non-hydrogen) atoms. The Labute approximate surface area is 109 Å². The summed E-state index contributed by atoms with van der Waals surface area (Å²) >= 11 is 1.68. The standard InChI is InChI=1S/C12H17F3N2S/c1-17-6-9(11-3-2-4-18-11)5-10(7-17)16-8-12(13,14)15/h2-4,9-10,16H,5-8H2,1H3. The second-order valence-electron chi connectivity index (χ2n) is 4.86. The fourth-order valence-electron chi connectivity index (χ4n) is 2.46. The zero-order chi connectivity index (χ0) is 13.2. The minimum absolute atomic E-state index is 0.0857. The van der Waals surface area contributed by atoms with E-state index < -0.39 is 12.7 Å². The normalized spacial score (nSPS) is 26.4. The lowest BCUT2D eigenvalue weighted by Crippen LogP contribution is -2.49. The topological polar surface area (TPSA) is 15.3 Å². The van der Waals surface area contributed by atoms with Crippen LogP contribution in [0, 0.1) is 0 Å². The Balaban J connectivity index is 1.92. The molecule has 2 atom stereocenters. The van der Waals surface area contributed by atoms with Crippen LogP contribution in [0.15, 0.2) is 17.5 Å². The summed E-state index contributed by atoms with van der Waals surface area (Å²) in [6.07, 6.45) is -3.35. The fraction of sp³-hybridized carbons (Fsp3) is 0.667. The smallest absolute Gasteiger partial charge is 0.305 e. The molecule has 2 nitrogen and oxygen atoms in total. The van der Waals surface area contributed by atoms with Gasteiger partial charge in [0, 0.05) is 29.9 Å². The monoisotopic (exact) mass is 278 g/mol. The Morgan fingerprint density at radius 1 is 1.44 bits per heavy atom. The van der Waals surface area contributed by atoms with Gasteiger partial charge in [-0.25, -0.2) is 0 Å². The third-order valence-corrected chi connectivity index (χ3v) is 4.20. The average molecular weight is 278 g/mol. The van der Waals surface area contributed by atoms with Crippen LogP contribution in [0.25, 0.3) is 0 Å². The molecule has 0 radical (unpaired) electrons. The summed E-state index contributed by atoms with van der Waals surface area (Å²) in [5.41, 5.74) is 0. The van der Waals surface area contributed by atoms with Crippen LogP contribution in [0.4, 0.5) is 13.2 Å². The Bertz CT molecular complexity index is 364. The van der Waals surface area contributed by atoms with E-state index in [4.69, 9.17) is 0 Å². The Morgan fingerprint density at radius 2 is 2.22 bits per heavy atom. The Morgan fingerprint density at radius 3 is 2.83 bits per heavy atom. The lowest BCUT2D eigenvalue weighted by atomic mass is 9.93. The van der Waals surface area contributed by atoms with E-state index in [1.807, 2.05) is 18.5 Å². The molecule has 0 aromatic carbocycles. The highest BCUT2D eigenvalue weighted by atomic mass is 32.1. The highest BCUT2D eigenvalue weighted by Gasteiger charge is 2.31. The molecule has 1 aromatic heterocycles. The quantitative estimate of drug-likeness (QED) is 0.914. The van der Waals surface area contributed by atoms with E-state index >= 15 is 0 Å². The number of hydrogen-bond donors (Lipinski definition) is 1. The molecule has 1 aliphatic heterocycles. The zero-order valence-corrected chi connectivity index (χ0v) is 11.0. The summed E-state index contributed by atoms with van der Waals surface area (Å²) in [7, 11) is 1.96. The maximum atomic E-state index is 12.2. The predicted molar refractivity (Wildman–Crippen MR) is 67.0 cm³/mol. The van der Waals surface area contributed by atoms with Crippen molar-refractivity contribution >= 4 is 11.3 Å². The minimum Gasteiger partial charge on any atom is -0.305 e. The lowest BCUT2D eigenvalue weighted by Gasteiger charge is -2.36. The molecule has 1 saturated heterocycles. The summed E-state index contributed by atoms with van der Waals surface area (Å²) in [4.78, 5) is 3.36. The van der Waals surface area contributed by atoms with Crippen LogP contribution >= 0.6 is 11.3 Å². The molecule has 102 valence electrons. The molecule has 1 N–H and O–H groups in total. The summed E-state index contributed by atoms with van der Waals surface area (Å²) in [5, 5.41) is 4.64. The number of halogens is 3. The molecule has 0 aliphatic carbocycles. The van der Waals surface area contributed by atoms with Gasteiger partial charge in [-0.1, -0.05) is 6.07 Å². The van der Waals surface area contributed by atoms with Gasteiger partial charge in [0.1, 0.15) is 0 Å². The van der Waals surface area contributed by atoms with Crippen molar-refractivity contribution in [3.8, 4) is 0 Å². The van der Waals surface area contributed by atoms with Crippen molar-refractivity contribution < 1.29 is 13.2 Å². The summed E-state index contributed by atoms with van der Waals surface area (Å²) in [5.74, 6) is 0.342. The maximum absolute atomic E-state index is 12.2. The number of likely N-dealkylation sites (N-methyl/N-ethyl adjacent to an activating group) is 1. The van der Waals surface area contributed by atoms with Gasteiger partial charge in [-0.2, -0.15) is 13.2 Å². The summed E-state index contributed by atoms with van der Waals surface area (Å²) in [6.45, 7) is 0.700. The first-order valence-electron chi connectivity index (χ1n) is 5.96. The Hall–Kier alpha value is -0.590. The van der Waals surface area contributed by atoms with E-state index in [0.717, 1.165) is 13.0 Å². The highest BCUT2D eigenvalue weighted by molar-refractivity contribution is 7.10. The van der Waals surface area contributed by atoms with Crippen LogP contribution in [-0.2, 0) is 0 Å². The highest BCUT2D eigenvalue weighted by Crippen LogP contribution is 2.29. The van der Waals surface area contributed by atoms with Crippen molar-refractivity contribution in [1.29, 1.82) is 0 Å². The fourth-order valence-corrected chi connectivity index (χ4v) is 3.29. The number of alkyl halides is 3. The molecule has 0 bridgehead atoms. The molecule has 0 saturated carbocycles. The van der Waals surface area contributed by atoms with Crippen molar-refractivity contribution in [3.05, 3.63) is 22.4 Å². The molecule has 2 rings (SSSR count). The molecule has 6 heteroatoms. The van der Waals surface area contributed by atoms with Crippen LogP contribution in [0.5, 0.6) is 0 Å².